The quantitative estimate of drug-likeness (QED) is 0.319. The average Bonchev–Trinajstić information content (AvgIpc) is 1.77. The summed E-state index contributed by atoms with van der Waals surface area (Å²) in [6, 6.07) is 8.26. The van der Waals surface area contributed by atoms with Gasteiger partial charge in [-0.3, -0.25) is 0 Å². The second-order valence-electron chi connectivity index (χ2n) is 1.86. The minimum Gasteiger partial charge on any atom is -0.106 e. The lowest BCUT2D eigenvalue weighted by Gasteiger charge is -1.93. The molecule has 0 radical (unpaired) electrons. The molecule has 1 aromatic carbocycles. The Hall–Kier alpha value is -0.285. The van der Waals surface area contributed by atoms with Crippen LogP contribution in [0.25, 0.3) is 0 Å². The van der Waals surface area contributed by atoms with Gasteiger partial charge in [0.15, 0.2) is 0 Å². The molecular weight excluding hydrogens is 114 g/mol. The van der Waals surface area contributed by atoms with E-state index in [1.807, 2.05) is 12.1 Å². The first kappa shape index (κ1) is 5.84. The summed E-state index contributed by atoms with van der Waals surface area (Å²) in [6.45, 7) is 0. The van der Waals surface area contributed by atoms with Crippen LogP contribution < -0.4 is 10.8 Å². The normalized spacial score (nSPS) is 9.12. The van der Waals surface area contributed by atoms with E-state index in [0.29, 0.717) is 0 Å². The zero-order valence-electron chi connectivity index (χ0n) is 4.89. The molecule has 0 nitrogen and oxygen atoms in total. The first-order valence-electron chi connectivity index (χ1n) is 2.62. The molecule has 0 N–H and O–H groups in total. The van der Waals surface area contributed by atoms with Crippen molar-refractivity contribution >= 4 is 27.9 Å². The van der Waals surface area contributed by atoms with Crippen molar-refractivity contribution in [3.63, 3.8) is 0 Å². The summed E-state index contributed by atoms with van der Waals surface area (Å²) in [7, 11) is 4.79. The first-order chi connectivity index (χ1) is 3.80. The molecule has 0 heterocycles. The lowest BCUT2D eigenvalue weighted by Crippen LogP contribution is -2.17. The molecule has 1 atom stereocenters. The van der Waals surface area contributed by atoms with Crippen LogP contribution in [0.1, 0.15) is 0 Å². The molecule has 0 spiro atoms. The van der Waals surface area contributed by atoms with E-state index in [1.165, 1.54) is 10.8 Å². The second-order valence-corrected chi connectivity index (χ2v) is 2.48. The smallest absolute Gasteiger partial charge is 0.106 e. The van der Waals surface area contributed by atoms with E-state index < -0.39 is 0 Å². The van der Waals surface area contributed by atoms with Crippen LogP contribution in [0.15, 0.2) is 24.3 Å². The Labute approximate surface area is 52.9 Å². The molecule has 0 fully saturated rings. The fourth-order valence-corrected chi connectivity index (χ4v) is 0.794. The van der Waals surface area contributed by atoms with E-state index in [2.05, 4.69) is 29.2 Å². The molecule has 0 saturated carbocycles. The average molecular weight is 122 g/mol. The van der Waals surface area contributed by atoms with Gasteiger partial charge in [-0.1, -0.05) is 29.7 Å². The highest BCUT2D eigenvalue weighted by molar-refractivity contribution is 7.28. The number of benzene rings is 1. The van der Waals surface area contributed by atoms with Gasteiger partial charge in [-0.25, -0.2) is 0 Å². The maximum atomic E-state index is 2.69. The molecule has 2 heteroatoms. The molecule has 40 valence electrons. The Bertz CT molecular complexity index is 165. The van der Waals surface area contributed by atoms with E-state index in [9.17, 15) is 0 Å². The van der Waals surface area contributed by atoms with Crippen molar-refractivity contribution in [1.29, 1.82) is 0 Å². The van der Waals surface area contributed by atoms with Crippen molar-refractivity contribution in [2.45, 2.75) is 0 Å². The summed E-state index contributed by atoms with van der Waals surface area (Å²) in [6.07, 6.45) is 0. The zero-order valence-corrected chi connectivity index (χ0v) is 6.04. The summed E-state index contributed by atoms with van der Waals surface area (Å²) >= 11 is 0. The van der Waals surface area contributed by atoms with E-state index in [-0.39, 0.29) is 0 Å². The molecule has 0 aliphatic rings. The van der Waals surface area contributed by atoms with Gasteiger partial charge in [0.25, 0.3) is 0 Å². The molecule has 0 aliphatic carbocycles. The van der Waals surface area contributed by atoms with Gasteiger partial charge in [-0.05, 0) is 5.30 Å². The molecule has 0 saturated heterocycles. The van der Waals surface area contributed by atoms with Crippen LogP contribution >= 0.6 is 9.24 Å². The fourth-order valence-electron chi connectivity index (χ4n) is 0.587. The third-order valence-electron chi connectivity index (χ3n) is 1.19. The predicted octanol–water partition coefficient (Wildman–Crippen LogP) is -0.555. The molecule has 1 rings (SSSR count). The van der Waals surface area contributed by atoms with Crippen LogP contribution in [0.2, 0.25) is 0 Å². The van der Waals surface area contributed by atoms with Crippen LogP contribution in [-0.4, -0.2) is 7.85 Å². The van der Waals surface area contributed by atoms with Gasteiger partial charge in [0.2, 0.25) is 0 Å². The summed E-state index contributed by atoms with van der Waals surface area (Å²) in [5.74, 6) is 0. The molecule has 0 aliphatic heterocycles. The SMILES string of the molecule is Bc1ccccc1P. The van der Waals surface area contributed by atoms with Crippen molar-refractivity contribution in [3.8, 4) is 0 Å². The standard InChI is InChI=1S/C6H8BP/c7-5-3-1-2-4-6(5)8/h1-4H,7-8H2. The van der Waals surface area contributed by atoms with Gasteiger partial charge in [0.1, 0.15) is 7.85 Å². The van der Waals surface area contributed by atoms with Crippen LogP contribution in [0.3, 0.4) is 0 Å². The van der Waals surface area contributed by atoms with E-state index >= 15 is 0 Å². The highest BCUT2D eigenvalue weighted by Gasteiger charge is 1.84. The van der Waals surface area contributed by atoms with Gasteiger partial charge in [0.05, 0.1) is 0 Å². The van der Waals surface area contributed by atoms with Gasteiger partial charge < -0.3 is 0 Å². The molecule has 8 heavy (non-hydrogen) atoms. The lowest BCUT2D eigenvalue weighted by molar-refractivity contribution is 1.83. The van der Waals surface area contributed by atoms with Crippen LogP contribution in [0, 0.1) is 0 Å². The molecule has 1 aromatic rings. The number of hydrogen-bond donors (Lipinski definition) is 0. The summed E-state index contributed by atoms with van der Waals surface area (Å²) in [4.78, 5) is 0. The van der Waals surface area contributed by atoms with Crippen molar-refractivity contribution in [2.75, 3.05) is 0 Å². The van der Waals surface area contributed by atoms with Gasteiger partial charge in [-0.15, -0.1) is 9.24 Å². The van der Waals surface area contributed by atoms with Crippen LogP contribution in [0.4, 0.5) is 0 Å². The van der Waals surface area contributed by atoms with E-state index in [0.717, 1.165) is 0 Å². The van der Waals surface area contributed by atoms with Crippen molar-refractivity contribution in [1.82, 2.24) is 0 Å². The highest BCUT2D eigenvalue weighted by Crippen LogP contribution is 1.83. The molecular formula is C6H8BP. The van der Waals surface area contributed by atoms with Gasteiger partial charge >= 0.3 is 0 Å². The maximum absolute atomic E-state index is 2.69. The first-order valence-corrected chi connectivity index (χ1v) is 3.19. The molecule has 1 unspecified atom stereocenters. The summed E-state index contributed by atoms with van der Waals surface area (Å²) in [5.41, 5.74) is 1.33. The van der Waals surface area contributed by atoms with Crippen molar-refractivity contribution in [2.24, 2.45) is 0 Å². The third kappa shape index (κ3) is 1.11. The fraction of sp³-hybridized carbons (Fsp3) is 0. The molecule has 0 bridgehead atoms. The lowest BCUT2D eigenvalue weighted by atomic mass is 9.97. The maximum Gasteiger partial charge on any atom is 0.140 e. The zero-order chi connectivity index (χ0) is 5.98. The Morgan fingerprint density at radius 3 is 2.25 bits per heavy atom. The van der Waals surface area contributed by atoms with E-state index in [4.69, 9.17) is 0 Å². The highest BCUT2D eigenvalue weighted by atomic mass is 31.0. The summed E-state index contributed by atoms with van der Waals surface area (Å²) in [5, 5.41) is 1.28. The minimum absolute atomic E-state index is 1.28. The Morgan fingerprint density at radius 2 is 1.88 bits per heavy atom. The van der Waals surface area contributed by atoms with Crippen molar-refractivity contribution in [3.05, 3.63) is 24.3 Å². The topological polar surface area (TPSA) is 0 Å². The van der Waals surface area contributed by atoms with E-state index in [1.54, 1.807) is 0 Å². The number of hydrogen-bond acceptors (Lipinski definition) is 0. The van der Waals surface area contributed by atoms with Crippen LogP contribution in [0.5, 0.6) is 0 Å². The largest absolute Gasteiger partial charge is 0.140 e. The Kier molecular flexibility index (Phi) is 1.70. The second kappa shape index (κ2) is 2.32. The van der Waals surface area contributed by atoms with Crippen LogP contribution in [-0.2, 0) is 0 Å². The van der Waals surface area contributed by atoms with Crippen molar-refractivity contribution < 1.29 is 0 Å². The number of rotatable bonds is 0. The molecule has 0 amide bonds. The minimum atomic E-state index is 1.28. The van der Waals surface area contributed by atoms with Gasteiger partial charge in [-0.2, -0.15) is 0 Å². The Balaban J connectivity index is 3.13. The Morgan fingerprint density at radius 1 is 1.25 bits per heavy atom. The predicted molar refractivity (Wildman–Crippen MR) is 44.0 cm³/mol. The van der Waals surface area contributed by atoms with Gasteiger partial charge in [0, 0.05) is 0 Å². The third-order valence-corrected chi connectivity index (χ3v) is 1.84. The molecule has 0 aromatic heterocycles. The summed E-state index contributed by atoms with van der Waals surface area (Å²) < 4.78 is 0. The monoisotopic (exact) mass is 122 g/mol.